The Morgan fingerprint density at radius 2 is 2.29 bits per heavy atom. The van der Waals surface area contributed by atoms with Gasteiger partial charge >= 0.3 is 5.97 Å². The van der Waals surface area contributed by atoms with Crippen molar-refractivity contribution < 1.29 is 19.1 Å². The van der Waals surface area contributed by atoms with Crippen molar-refractivity contribution in [3.8, 4) is 0 Å². The SMILES string of the molecule is COC(=O)[C@]1(CCC=C(C)C)[C@H]2CC[C@]3(CNC(=O)[C@@H]31)O2. The van der Waals surface area contributed by atoms with Crippen LogP contribution in [0.1, 0.15) is 39.5 Å². The molecule has 1 amide bonds. The number of methoxy groups -OCH3 is 1. The molecule has 0 aromatic carbocycles. The Morgan fingerprint density at radius 3 is 2.95 bits per heavy atom. The van der Waals surface area contributed by atoms with E-state index < -0.39 is 16.9 Å². The van der Waals surface area contributed by atoms with E-state index in [1.54, 1.807) is 0 Å². The number of carbonyl (C=O) groups excluding carboxylic acids is 2. The predicted octanol–water partition coefficient (Wildman–Crippen LogP) is 1.57. The third-order valence-corrected chi connectivity index (χ3v) is 5.32. The lowest BCUT2D eigenvalue weighted by molar-refractivity contribution is -0.162. The zero-order valence-corrected chi connectivity index (χ0v) is 12.9. The van der Waals surface area contributed by atoms with Crippen LogP contribution in [0.4, 0.5) is 0 Å². The van der Waals surface area contributed by atoms with Gasteiger partial charge in [-0.05, 0) is 39.5 Å². The molecule has 3 aliphatic rings. The van der Waals surface area contributed by atoms with E-state index in [1.807, 2.05) is 13.8 Å². The number of ether oxygens (including phenoxy) is 2. The van der Waals surface area contributed by atoms with Crippen molar-refractivity contribution in [3.63, 3.8) is 0 Å². The molecule has 3 saturated heterocycles. The quantitative estimate of drug-likeness (QED) is 0.631. The molecule has 0 aliphatic carbocycles. The first-order chi connectivity index (χ1) is 9.96. The average Bonchev–Trinajstić information content (AvgIpc) is 3.08. The zero-order valence-electron chi connectivity index (χ0n) is 12.9. The fraction of sp³-hybridized carbons (Fsp3) is 0.750. The molecule has 0 aromatic rings. The van der Waals surface area contributed by atoms with Crippen LogP contribution in [0.3, 0.4) is 0 Å². The van der Waals surface area contributed by atoms with E-state index in [4.69, 9.17) is 9.47 Å². The standard InChI is InChI=1S/C16H23NO4/c1-10(2)5-4-7-16(14(19)20-3)11-6-8-15(21-11)9-17-13(18)12(15)16/h5,11-12H,4,6-9H2,1-3H3,(H,17,18)/t11-,12+,15-,16-/m1/s1. The third-order valence-electron chi connectivity index (χ3n) is 5.32. The Morgan fingerprint density at radius 1 is 1.52 bits per heavy atom. The Labute approximate surface area is 125 Å². The molecule has 0 unspecified atom stereocenters. The zero-order chi connectivity index (χ0) is 15.3. The summed E-state index contributed by atoms with van der Waals surface area (Å²) >= 11 is 0. The molecule has 5 heteroatoms. The first-order valence-electron chi connectivity index (χ1n) is 7.63. The second-order valence-electron chi connectivity index (χ2n) is 6.71. The van der Waals surface area contributed by atoms with E-state index >= 15 is 0 Å². The maximum Gasteiger partial charge on any atom is 0.315 e. The molecule has 3 fully saturated rings. The highest BCUT2D eigenvalue weighted by Gasteiger charge is 2.74. The summed E-state index contributed by atoms with van der Waals surface area (Å²) in [7, 11) is 1.40. The minimum Gasteiger partial charge on any atom is -0.468 e. The monoisotopic (exact) mass is 293 g/mol. The van der Waals surface area contributed by atoms with Crippen molar-refractivity contribution in [3.05, 3.63) is 11.6 Å². The van der Waals surface area contributed by atoms with Crippen molar-refractivity contribution in [2.45, 2.75) is 51.2 Å². The van der Waals surface area contributed by atoms with Gasteiger partial charge in [-0.2, -0.15) is 0 Å². The van der Waals surface area contributed by atoms with E-state index in [9.17, 15) is 9.59 Å². The first kappa shape index (κ1) is 14.6. The van der Waals surface area contributed by atoms with Crippen LogP contribution in [-0.4, -0.2) is 37.2 Å². The maximum absolute atomic E-state index is 12.6. The summed E-state index contributed by atoms with van der Waals surface area (Å²) in [6, 6.07) is 0. The second-order valence-corrected chi connectivity index (χ2v) is 6.71. The predicted molar refractivity (Wildman–Crippen MR) is 76.5 cm³/mol. The molecule has 2 bridgehead atoms. The summed E-state index contributed by atoms with van der Waals surface area (Å²) in [5.41, 5.74) is -0.0924. The smallest absolute Gasteiger partial charge is 0.315 e. The van der Waals surface area contributed by atoms with Crippen LogP contribution in [0.5, 0.6) is 0 Å². The summed E-state index contributed by atoms with van der Waals surface area (Å²) in [5.74, 6) is -0.750. The number of hydrogen-bond acceptors (Lipinski definition) is 4. The van der Waals surface area contributed by atoms with Crippen LogP contribution in [-0.2, 0) is 19.1 Å². The molecule has 1 N–H and O–H groups in total. The van der Waals surface area contributed by atoms with Gasteiger partial charge in [-0.25, -0.2) is 0 Å². The topological polar surface area (TPSA) is 64.6 Å². The molecule has 1 spiro atoms. The normalized spacial score (nSPS) is 39.9. The van der Waals surface area contributed by atoms with E-state index in [1.165, 1.54) is 12.7 Å². The van der Waals surface area contributed by atoms with Crippen LogP contribution < -0.4 is 5.32 Å². The van der Waals surface area contributed by atoms with Gasteiger partial charge in [0.2, 0.25) is 5.91 Å². The summed E-state index contributed by atoms with van der Waals surface area (Å²) in [6.45, 7) is 4.59. The van der Waals surface area contributed by atoms with Crippen molar-refractivity contribution in [2.75, 3.05) is 13.7 Å². The molecule has 3 heterocycles. The Bertz CT molecular complexity index is 510. The lowest BCUT2D eigenvalue weighted by Crippen LogP contribution is -2.52. The minimum atomic E-state index is -0.820. The highest BCUT2D eigenvalue weighted by Crippen LogP contribution is 2.62. The highest BCUT2D eigenvalue weighted by molar-refractivity contribution is 5.92. The van der Waals surface area contributed by atoms with Gasteiger partial charge in [-0.1, -0.05) is 11.6 Å². The van der Waals surface area contributed by atoms with Gasteiger partial charge in [0.1, 0.15) is 5.41 Å². The van der Waals surface area contributed by atoms with Crippen LogP contribution >= 0.6 is 0 Å². The van der Waals surface area contributed by atoms with Gasteiger partial charge in [0.05, 0.1) is 24.7 Å². The lowest BCUT2D eigenvalue weighted by atomic mass is 9.60. The average molecular weight is 293 g/mol. The fourth-order valence-corrected chi connectivity index (χ4v) is 4.50. The molecule has 3 rings (SSSR count). The van der Waals surface area contributed by atoms with Gasteiger partial charge in [0.15, 0.2) is 0 Å². The fourth-order valence-electron chi connectivity index (χ4n) is 4.50. The lowest BCUT2D eigenvalue weighted by Gasteiger charge is -2.37. The van der Waals surface area contributed by atoms with Gasteiger partial charge in [0.25, 0.3) is 0 Å². The second kappa shape index (κ2) is 4.83. The third kappa shape index (κ3) is 1.86. The molecular weight excluding hydrogens is 270 g/mol. The molecule has 4 atom stereocenters. The Balaban J connectivity index is 1.97. The summed E-state index contributed by atoms with van der Waals surface area (Å²) < 4.78 is 11.2. The molecule has 5 nitrogen and oxygen atoms in total. The van der Waals surface area contributed by atoms with Crippen molar-refractivity contribution >= 4 is 11.9 Å². The van der Waals surface area contributed by atoms with Crippen LogP contribution in [0, 0.1) is 11.3 Å². The summed E-state index contributed by atoms with van der Waals surface area (Å²) in [4.78, 5) is 24.9. The van der Waals surface area contributed by atoms with Crippen LogP contribution in [0.2, 0.25) is 0 Å². The number of esters is 1. The van der Waals surface area contributed by atoms with Gasteiger partial charge in [-0.3, -0.25) is 9.59 Å². The van der Waals surface area contributed by atoms with Gasteiger partial charge < -0.3 is 14.8 Å². The van der Waals surface area contributed by atoms with Crippen molar-refractivity contribution in [1.29, 1.82) is 0 Å². The Hall–Kier alpha value is -1.36. The highest BCUT2D eigenvalue weighted by atomic mass is 16.6. The molecule has 3 aliphatic heterocycles. The molecule has 116 valence electrons. The van der Waals surface area contributed by atoms with Crippen LogP contribution in [0.15, 0.2) is 11.6 Å². The van der Waals surface area contributed by atoms with Crippen molar-refractivity contribution in [1.82, 2.24) is 5.32 Å². The molecule has 0 aromatic heterocycles. The van der Waals surface area contributed by atoms with E-state index in [0.29, 0.717) is 13.0 Å². The van der Waals surface area contributed by atoms with E-state index in [2.05, 4.69) is 11.4 Å². The van der Waals surface area contributed by atoms with Crippen LogP contribution in [0.25, 0.3) is 0 Å². The van der Waals surface area contributed by atoms with Gasteiger partial charge in [-0.15, -0.1) is 0 Å². The first-order valence-corrected chi connectivity index (χ1v) is 7.63. The Kier molecular flexibility index (Phi) is 3.35. The summed E-state index contributed by atoms with van der Waals surface area (Å²) in [6.07, 6.45) is 4.96. The maximum atomic E-state index is 12.6. The molecule has 21 heavy (non-hydrogen) atoms. The largest absolute Gasteiger partial charge is 0.468 e. The van der Waals surface area contributed by atoms with Gasteiger partial charge in [0, 0.05) is 6.54 Å². The number of rotatable bonds is 4. The number of allylic oxidation sites excluding steroid dienone is 2. The number of carbonyl (C=O) groups is 2. The molecule has 0 saturated carbocycles. The summed E-state index contributed by atoms with van der Waals surface area (Å²) in [5, 5.41) is 2.89. The molecular formula is C16H23NO4. The van der Waals surface area contributed by atoms with E-state index in [-0.39, 0.29) is 18.0 Å². The van der Waals surface area contributed by atoms with Crippen molar-refractivity contribution in [2.24, 2.45) is 11.3 Å². The van der Waals surface area contributed by atoms with E-state index in [0.717, 1.165) is 19.3 Å². The number of hydrogen-bond donors (Lipinski definition) is 1. The number of fused-ring (bicyclic) bond motifs is 1. The minimum absolute atomic E-state index is 0.0557. The molecule has 0 radical (unpaired) electrons. The number of nitrogens with one attached hydrogen (secondary N) is 1. The number of amides is 1.